The molecule has 152 valence electrons. The monoisotopic (exact) mass is 433 g/mol. The van der Waals surface area contributed by atoms with Gasteiger partial charge in [0.1, 0.15) is 5.75 Å². The normalized spacial score (nSPS) is 11.0. The Bertz CT molecular complexity index is 871. The topological polar surface area (TPSA) is 79.8 Å². The van der Waals surface area contributed by atoms with Gasteiger partial charge in [-0.2, -0.15) is 5.10 Å². The quantitative estimate of drug-likeness (QED) is 0.336. The maximum atomic E-state index is 11.8. The molecule has 0 spiro atoms. The molecule has 2 aromatic rings. The first-order valence-corrected chi connectivity index (χ1v) is 9.68. The van der Waals surface area contributed by atoms with Crippen molar-refractivity contribution in [3.05, 3.63) is 70.2 Å². The van der Waals surface area contributed by atoms with Crippen molar-refractivity contribution in [2.24, 2.45) is 5.10 Å². The Morgan fingerprint density at radius 2 is 1.86 bits per heavy atom. The van der Waals surface area contributed by atoms with Crippen LogP contribution in [0.15, 0.2) is 59.7 Å². The Morgan fingerprint density at radius 1 is 1.07 bits per heavy atom. The van der Waals surface area contributed by atoms with E-state index in [4.69, 9.17) is 27.9 Å². The molecule has 8 heteroatoms. The van der Waals surface area contributed by atoms with Gasteiger partial charge in [-0.15, -0.1) is 0 Å². The number of amides is 2. The van der Waals surface area contributed by atoms with Crippen LogP contribution in [0.25, 0.3) is 6.08 Å². The van der Waals surface area contributed by atoms with Crippen LogP contribution in [0.1, 0.15) is 18.4 Å². The summed E-state index contributed by atoms with van der Waals surface area (Å²) in [5.74, 6) is -0.152. The van der Waals surface area contributed by atoms with E-state index in [0.29, 0.717) is 28.8 Å². The van der Waals surface area contributed by atoms with Crippen LogP contribution in [0, 0.1) is 0 Å². The lowest BCUT2D eigenvalue weighted by Crippen LogP contribution is -2.34. The predicted molar refractivity (Wildman–Crippen MR) is 116 cm³/mol. The van der Waals surface area contributed by atoms with Gasteiger partial charge in [0.15, 0.2) is 0 Å². The minimum atomic E-state index is -0.410. The molecule has 0 fully saturated rings. The highest BCUT2D eigenvalue weighted by Gasteiger charge is 2.06. The lowest BCUT2D eigenvalue weighted by Gasteiger charge is -2.08. The second-order valence-electron chi connectivity index (χ2n) is 5.89. The Balaban J connectivity index is 1.56. The molecule has 0 saturated heterocycles. The van der Waals surface area contributed by atoms with Crippen LogP contribution in [0.5, 0.6) is 5.75 Å². The number of hydrogen-bond donors (Lipinski definition) is 2. The average molecular weight is 434 g/mol. The number of hydrogen-bond acceptors (Lipinski definition) is 4. The summed E-state index contributed by atoms with van der Waals surface area (Å²) in [4.78, 5) is 23.4. The molecule has 0 saturated carbocycles. The van der Waals surface area contributed by atoms with E-state index in [0.717, 1.165) is 5.56 Å². The molecule has 0 aromatic heterocycles. The molecule has 0 aliphatic carbocycles. The van der Waals surface area contributed by atoms with Gasteiger partial charge >= 0.3 is 0 Å². The predicted octanol–water partition coefficient (Wildman–Crippen LogP) is 4.08. The highest BCUT2D eigenvalue weighted by Crippen LogP contribution is 2.27. The maximum Gasteiger partial charge on any atom is 0.259 e. The van der Waals surface area contributed by atoms with E-state index in [1.807, 2.05) is 36.4 Å². The number of halogens is 2. The zero-order valence-corrected chi connectivity index (χ0v) is 17.1. The van der Waals surface area contributed by atoms with Crippen LogP contribution >= 0.6 is 23.2 Å². The summed E-state index contributed by atoms with van der Waals surface area (Å²) < 4.78 is 5.50. The summed E-state index contributed by atoms with van der Waals surface area (Å²) >= 11 is 11.8. The van der Waals surface area contributed by atoms with Crippen LogP contribution in [0.2, 0.25) is 10.0 Å². The molecule has 29 heavy (non-hydrogen) atoms. The van der Waals surface area contributed by atoms with Crippen molar-refractivity contribution < 1.29 is 14.3 Å². The van der Waals surface area contributed by atoms with Gasteiger partial charge in [0.2, 0.25) is 5.91 Å². The molecule has 0 radical (unpaired) electrons. The number of carbonyl (C=O) groups excluding carboxylic acids is 2. The van der Waals surface area contributed by atoms with Crippen LogP contribution in [0.4, 0.5) is 0 Å². The molecule has 0 bridgehead atoms. The summed E-state index contributed by atoms with van der Waals surface area (Å²) in [7, 11) is 0. The summed E-state index contributed by atoms with van der Waals surface area (Å²) in [6.07, 6.45) is 5.74. The highest BCUT2D eigenvalue weighted by molar-refractivity contribution is 6.35. The van der Waals surface area contributed by atoms with E-state index in [9.17, 15) is 9.59 Å². The number of carbonyl (C=O) groups is 2. The van der Waals surface area contributed by atoms with Gasteiger partial charge < -0.3 is 10.1 Å². The zero-order valence-electron chi connectivity index (χ0n) is 15.6. The van der Waals surface area contributed by atoms with Crippen molar-refractivity contribution in [1.82, 2.24) is 10.7 Å². The number of ether oxygens (including phenoxy) is 1. The first kappa shape index (κ1) is 22.5. The van der Waals surface area contributed by atoms with Crippen molar-refractivity contribution in [3.8, 4) is 5.75 Å². The van der Waals surface area contributed by atoms with Gasteiger partial charge in [0.05, 0.1) is 18.2 Å². The second-order valence-corrected chi connectivity index (χ2v) is 6.73. The third kappa shape index (κ3) is 9.27. The highest BCUT2D eigenvalue weighted by atomic mass is 35.5. The lowest BCUT2D eigenvalue weighted by molar-refractivity contribution is -0.126. The van der Waals surface area contributed by atoms with Gasteiger partial charge in [-0.1, -0.05) is 59.6 Å². The summed E-state index contributed by atoms with van der Waals surface area (Å²) in [6, 6.07) is 14.6. The van der Waals surface area contributed by atoms with Gasteiger partial charge in [-0.05, 0) is 36.3 Å². The van der Waals surface area contributed by atoms with E-state index in [-0.39, 0.29) is 18.9 Å². The van der Waals surface area contributed by atoms with E-state index in [1.165, 1.54) is 6.21 Å². The van der Waals surface area contributed by atoms with E-state index >= 15 is 0 Å². The maximum absolute atomic E-state index is 11.8. The molecule has 0 heterocycles. The summed E-state index contributed by atoms with van der Waals surface area (Å²) in [6.45, 7) is 0.168. The van der Waals surface area contributed by atoms with Crippen molar-refractivity contribution in [2.45, 2.75) is 12.8 Å². The number of hydrazone groups is 1. The van der Waals surface area contributed by atoms with Crippen molar-refractivity contribution in [1.29, 1.82) is 0 Å². The van der Waals surface area contributed by atoms with Gasteiger partial charge in [-0.3, -0.25) is 9.59 Å². The Labute approximate surface area is 179 Å². The zero-order chi connectivity index (χ0) is 20.9. The lowest BCUT2D eigenvalue weighted by atomic mass is 10.2. The third-order valence-electron chi connectivity index (χ3n) is 3.58. The van der Waals surface area contributed by atoms with E-state index in [1.54, 1.807) is 24.3 Å². The molecular formula is C21H21Cl2N3O3. The molecule has 2 N–H and O–H groups in total. The molecule has 0 unspecified atom stereocenters. The van der Waals surface area contributed by atoms with Gasteiger partial charge in [0, 0.05) is 17.7 Å². The molecule has 2 rings (SSSR count). The van der Waals surface area contributed by atoms with Crippen LogP contribution in [-0.4, -0.2) is 31.2 Å². The number of allylic oxidation sites excluding steroid dienone is 1. The van der Waals surface area contributed by atoms with E-state index in [2.05, 4.69) is 15.8 Å². The molecule has 2 amide bonds. The van der Waals surface area contributed by atoms with Crippen LogP contribution in [-0.2, 0) is 9.59 Å². The Kier molecular flexibility index (Phi) is 9.75. The fraction of sp³-hybridized carbons (Fsp3) is 0.190. The summed E-state index contributed by atoms with van der Waals surface area (Å²) in [5.41, 5.74) is 3.37. The Hall–Kier alpha value is -2.83. The molecule has 0 atom stereocenters. The fourth-order valence-electron chi connectivity index (χ4n) is 2.18. The van der Waals surface area contributed by atoms with Crippen molar-refractivity contribution in [2.75, 3.05) is 13.2 Å². The number of rotatable bonds is 10. The largest absolute Gasteiger partial charge is 0.492 e. The summed E-state index contributed by atoms with van der Waals surface area (Å²) in [5, 5.41) is 7.25. The SMILES string of the molecule is O=C(CCCOc1ccc(Cl)cc1Cl)NCC(=O)NN=CC=Cc1ccccc1. The molecule has 0 aliphatic heterocycles. The molecule has 6 nitrogen and oxygen atoms in total. The third-order valence-corrected chi connectivity index (χ3v) is 4.11. The van der Waals surface area contributed by atoms with Crippen molar-refractivity contribution >= 4 is 47.3 Å². The molecular weight excluding hydrogens is 413 g/mol. The number of nitrogens with one attached hydrogen (secondary N) is 2. The molecule has 0 aliphatic rings. The fourth-order valence-corrected chi connectivity index (χ4v) is 2.65. The number of benzene rings is 2. The molecule has 2 aromatic carbocycles. The van der Waals surface area contributed by atoms with Crippen molar-refractivity contribution in [3.63, 3.8) is 0 Å². The first-order chi connectivity index (χ1) is 14.0. The van der Waals surface area contributed by atoms with Gasteiger partial charge in [0.25, 0.3) is 5.91 Å². The minimum absolute atomic E-state index is 0.150. The van der Waals surface area contributed by atoms with Gasteiger partial charge in [-0.25, -0.2) is 5.43 Å². The smallest absolute Gasteiger partial charge is 0.259 e. The Morgan fingerprint density at radius 3 is 2.62 bits per heavy atom. The van der Waals surface area contributed by atoms with E-state index < -0.39 is 5.91 Å². The average Bonchev–Trinajstić information content (AvgIpc) is 2.71. The standard InChI is InChI=1S/C21H21Cl2N3O3/c22-17-10-11-19(18(23)14-17)29-13-5-9-20(27)24-15-21(28)26-25-12-4-8-16-6-2-1-3-7-16/h1-4,6-8,10-12,14H,5,9,13,15H2,(H,24,27)(H,26,28). The first-order valence-electron chi connectivity index (χ1n) is 8.93. The van der Waals surface area contributed by atoms with Crippen LogP contribution in [0.3, 0.4) is 0 Å². The van der Waals surface area contributed by atoms with Crippen LogP contribution < -0.4 is 15.5 Å². The minimum Gasteiger partial charge on any atom is -0.492 e. The second kappa shape index (κ2) is 12.6. The number of nitrogens with zero attached hydrogens (tertiary/aromatic N) is 1.